The van der Waals surface area contributed by atoms with E-state index in [9.17, 15) is 14.0 Å². The van der Waals surface area contributed by atoms with Crippen LogP contribution in [0.4, 0.5) is 15.8 Å². The minimum absolute atomic E-state index is 0.0166. The number of para-hydroxylation sites is 2. The maximum atomic E-state index is 14.5. The van der Waals surface area contributed by atoms with Crippen LogP contribution in [0.3, 0.4) is 0 Å². The van der Waals surface area contributed by atoms with Gasteiger partial charge in [-0.1, -0.05) is 72.3 Å². The number of thiocarbonyl (C=S) groups is 1. The maximum Gasteiger partial charge on any atom is 0.268 e. The van der Waals surface area contributed by atoms with E-state index in [4.69, 9.17) is 23.8 Å². The van der Waals surface area contributed by atoms with E-state index >= 15 is 0 Å². The smallest absolute Gasteiger partial charge is 0.268 e. The first-order valence-electron chi connectivity index (χ1n) is 11.9. The number of halogens is 2. The van der Waals surface area contributed by atoms with Crippen LogP contribution in [0.15, 0.2) is 109 Å². The van der Waals surface area contributed by atoms with Crippen LogP contribution in [-0.2, 0) is 11.3 Å². The Morgan fingerprint density at radius 1 is 0.821 bits per heavy atom. The highest BCUT2D eigenvalue weighted by atomic mass is 35.5. The van der Waals surface area contributed by atoms with E-state index in [0.717, 1.165) is 11.3 Å². The Morgan fingerprint density at radius 2 is 1.49 bits per heavy atom. The molecular formula is C30H24ClFN4O2S. The summed E-state index contributed by atoms with van der Waals surface area (Å²) in [6.07, 6.45) is 1.22. The van der Waals surface area contributed by atoms with Crippen LogP contribution in [0, 0.1) is 5.82 Å². The Bertz CT molecular complexity index is 1490. The standard InChI is InChI=1S/C30H24ClFN4O2S/c31-24-15-9-16-25(32)23(24)18-27(35-28(37)20-10-3-1-4-11-20)29(38)33-19-21-12-7-8-17-26(21)36-30(39)34-22-13-5-2-6-14-22/h1-18H,19H2,(H,33,38)(H,35,37)(H2,34,36,39). The van der Waals surface area contributed by atoms with E-state index in [1.807, 2.05) is 54.6 Å². The van der Waals surface area contributed by atoms with Gasteiger partial charge < -0.3 is 21.3 Å². The molecule has 0 atom stereocenters. The van der Waals surface area contributed by atoms with Crippen LogP contribution in [-0.4, -0.2) is 16.9 Å². The SMILES string of the molecule is O=C(NCc1ccccc1NC(=S)Nc1ccccc1)C(=Cc1c(F)cccc1Cl)NC(=O)c1ccccc1. The number of anilines is 2. The van der Waals surface area contributed by atoms with E-state index in [1.54, 1.807) is 30.3 Å². The van der Waals surface area contributed by atoms with Crippen molar-refractivity contribution < 1.29 is 14.0 Å². The molecule has 0 fully saturated rings. The van der Waals surface area contributed by atoms with Gasteiger partial charge in [-0.3, -0.25) is 9.59 Å². The molecule has 2 amide bonds. The molecule has 39 heavy (non-hydrogen) atoms. The summed E-state index contributed by atoms with van der Waals surface area (Å²) in [4.78, 5) is 26.1. The van der Waals surface area contributed by atoms with Gasteiger partial charge in [0.1, 0.15) is 11.5 Å². The Balaban J connectivity index is 1.52. The van der Waals surface area contributed by atoms with Crippen LogP contribution in [0.25, 0.3) is 6.08 Å². The van der Waals surface area contributed by atoms with E-state index in [2.05, 4.69) is 21.3 Å². The van der Waals surface area contributed by atoms with Gasteiger partial charge in [0.15, 0.2) is 5.11 Å². The lowest BCUT2D eigenvalue weighted by atomic mass is 10.1. The zero-order valence-electron chi connectivity index (χ0n) is 20.6. The van der Waals surface area contributed by atoms with Crippen molar-refractivity contribution in [2.75, 3.05) is 10.6 Å². The number of carbonyl (C=O) groups excluding carboxylic acids is 2. The van der Waals surface area contributed by atoms with Crippen molar-refractivity contribution in [2.45, 2.75) is 6.54 Å². The van der Waals surface area contributed by atoms with Gasteiger partial charge in [0.25, 0.3) is 11.8 Å². The lowest BCUT2D eigenvalue weighted by Gasteiger charge is -2.16. The first kappa shape index (κ1) is 27.5. The molecular weight excluding hydrogens is 535 g/mol. The maximum absolute atomic E-state index is 14.5. The average Bonchev–Trinajstić information content (AvgIpc) is 2.94. The van der Waals surface area contributed by atoms with Crippen LogP contribution < -0.4 is 21.3 Å². The third-order valence-electron chi connectivity index (χ3n) is 5.55. The topological polar surface area (TPSA) is 82.3 Å². The highest BCUT2D eigenvalue weighted by Crippen LogP contribution is 2.22. The highest BCUT2D eigenvalue weighted by molar-refractivity contribution is 7.80. The molecule has 4 N–H and O–H groups in total. The lowest BCUT2D eigenvalue weighted by Crippen LogP contribution is -2.35. The minimum atomic E-state index is -0.629. The number of benzene rings is 4. The minimum Gasteiger partial charge on any atom is -0.347 e. The van der Waals surface area contributed by atoms with Crippen molar-refractivity contribution in [3.63, 3.8) is 0 Å². The first-order chi connectivity index (χ1) is 18.9. The first-order valence-corrected chi connectivity index (χ1v) is 12.7. The molecule has 0 heterocycles. The number of carbonyl (C=O) groups is 2. The summed E-state index contributed by atoms with van der Waals surface area (Å²) in [7, 11) is 0. The average molecular weight is 559 g/mol. The Hall–Kier alpha value is -4.53. The largest absolute Gasteiger partial charge is 0.347 e. The normalized spacial score (nSPS) is 10.9. The second kappa shape index (κ2) is 13.3. The molecule has 4 aromatic carbocycles. The number of hydrogen-bond donors (Lipinski definition) is 4. The molecule has 196 valence electrons. The fourth-order valence-electron chi connectivity index (χ4n) is 3.61. The molecule has 0 aliphatic carbocycles. The monoisotopic (exact) mass is 558 g/mol. The van der Waals surface area contributed by atoms with Crippen molar-refractivity contribution in [1.29, 1.82) is 0 Å². The van der Waals surface area contributed by atoms with Gasteiger partial charge in [-0.05, 0) is 66.3 Å². The molecule has 0 aliphatic rings. The van der Waals surface area contributed by atoms with Gasteiger partial charge in [-0.2, -0.15) is 0 Å². The van der Waals surface area contributed by atoms with Crippen molar-refractivity contribution in [3.05, 3.63) is 136 Å². The summed E-state index contributed by atoms with van der Waals surface area (Å²) < 4.78 is 14.5. The molecule has 0 bridgehead atoms. The van der Waals surface area contributed by atoms with Crippen molar-refractivity contribution in [1.82, 2.24) is 10.6 Å². The van der Waals surface area contributed by atoms with Crippen molar-refractivity contribution >= 4 is 58.2 Å². The predicted octanol–water partition coefficient (Wildman–Crippen LogP) is 6.38. The lowest BCUT2D eigenvalue weighted by molar-refractivity contribution is -0.117. The quantitative estimate of drug-likeness (QED) is 0.149. The third-order valence-corrected chi connectivity index (χ3v) is 6.09. The molecule has 0 unspecified atom stereocenters. The molecule has 0 saturated heterocycles. The summed E-state index contributed by atoms with van der Waals surface area (Å²) in [5.74, 6) is -1.78. The Labute approximate surface area is 235 Å². The van der Waals surface area contributed by atoms with Crippen LogP contribution in [0.2, 0.25) is 5.02 Å². The van der Waals surface area contributed by atoms with Crippen LogP contribution in [0.1, 0.15) is 21.5 Å². The zero-order chi connectivity index (χ0) is 27.6. The summed E-state index contributed by atoms with van der Waals surface area (Å²) in [6.45, 7) is 0.0967. The van der Waals surface area contributed by atoms with Crippen LogP contribution in [0.5, 0.6) is 0 Å². The van der Waals surface area contributed by atoms with Gasteiger partial charge in [-0.25, -0.2) is 4.39 Å². The second-order valence-electron chi connectivity index (χ2n) is 8.30. The van der Waals surface area contributed by atoms with Gasteiger partial charge in [0.2, 0.25) is 0 Å². The molecule has 4 aromatic rings. The second-order valence-corrected chi connectivity index (χ2v) is 9.11. The van der Waals surface area contributed by atoms with E-state index in [0.29, 0.717) is 16.4 Å². The zero-order valence-corrected chi connectivity index (χ0v) is 22.2. The third kappa shape index (κ3) is 7.73. The highest BCUT2D eigenvalue weighted by Gasteiger charge is 2.17. The van der Waals surface area contributed by atoms with Gasteiger partial charge in [0, 0.05) is 29.0 Å². The Kier molecular flexibility index (Phi) is 9.39. The summed E-state index contributed by atoms with van der Waals surface area (Å²) >= 11 is 11.6. The molecule has 0 radical (unpaired) electrons. The van der Waals surface area contributed by atoms with E-state index < -0.39 is 17.6 Å². The van der Waals surface area contributed by atoms with Crippen molar-refractivity contribution in [3.8, 4) is 0 Å². The van der Waals surface area contributed by atoms with E-state index in [-0.39, 0.29) is 22.8 Å². The summed E-state index contributed by atoms with van der Waals surface area (Å²) in [5, 5.41) is 12.1. The molecule has 0 spiro atoms. The number of amides is 2. The Morgan fingerprint density at radius 3 is 2.21 bits per heavy atom. The summed E-state index contributed by atoms with van der Waals surface area (Å²) in [6, 6.07) is 29.4. The molecule has 0 aliphatic heterocycles. The fourth-order valence-corrected chi connectivity index (χ4v) is 4.05. The van der Waals surface area contributed by atoms with Gasteiger partial charge >= 0.3 is 0 Å². The number of hydrogen-bond acceptors (Lipinski definition) is 3. The van der Waals surface area contributed by atoms with Crippen LogP contribution >= 0.6 is 23.8 Å². The number of nitrogens with one attached hydrogen (secondary N) is 4. The van der Waals surface area contributed by atoms with Gasteiger partial charge in [-0.15, -0.1) is 0 Å². The van der Waals surface area contributed by atoms with Gasteiger partial charge in [0.05, 0.1) is 5.02 Å². The summed E-state index contributed by atoms with van der Waals surface area (Å²) in [5.41, 5.74) is 2.41. The number of rotatable bonds is 8. The molecule has 0 saturated carbocycles. The molecule has 0 aromatic heterocycles. The predicted molar refractivity (Wildman–Crippen MR) is 158 cm³/mol. The van der Waals surface area contributed by atoms with Crippen molar-refractivity contribution in [2.24, 2.45) is 0 Å². The molecule has 4 rings (SSSR count). The fraction of sp³-hybridized carbons (Fsp3) is 0.0333. The van der Waals surface area contributed by atoms with E-state index in [1.165, 1.54) is 24.3 Å². The molecule has 6 nitrogen and oxygen atoms in total. The molecule has 9 heteroatoms.